The van der Waals surface area contributed by atoms with Crippen molar-refractivity contribution in [3.05, 3.63) is 75.3 Å². The Morgan fingerprint density at radius 2 is 2.10 bits per heavy atom. The molecule has 0 spiro atoms. The van der Waals surface area contributed by atoms with Crippen molar-refractivity contribution >= 4 is 22.9 Å². The van der Waals surface area contributed by atoms with Gasteiger partial charge in [-0.2, -0.15) is 0 Å². The van der Waals surface area contributed by atoms with Crippen LogP contribution in [-0.2, 0) is 6.54 Å². The van der Waals surface area contributed by atoms with E-state index in [0.717, 1.165) is 11.3 Å². The zero-order valence-corrected chi connectivity index (χ0v) is 12.3. The fraction of sp³-hybridized carbons (Fsp3) is 0.125. The summed E-state index contributed by atoms with van der Waals surface area (Å²) in [4.78, 5) is 16.4. The van der Waals surface area contributed by atoms with Gasteiger partial charge in [0.25, 0.3) is 5.56 Å². The Labute approximate surface area is 127 Å². The van der Waals surface area contributed by atoms with Crippen molar-refractivity contribution in [2.75, 3.05) is 5.32 Å². The average Bonchev–Trinajstić information content (AvgIpc) is 2.49. The van der Waals surface area contributed by atoms with Crippen LogP contribution in [0.15, 0.2) is 53.5 Å². The molecule has 0 fully saturated rings. The Bertz CT molecular complexity index is 858. The fourth-order valence-corrected chi connectivity index (χ4v) is 2.27. The van der Waals surface area contributed by atoms with E-state index in [1.807, 2.05) is 43.3 Å². The van der Waals surface area contributed by atoms with Gasteiger partial charge in [-0.1, -0.05) is 23.7 Å². The minimum absolute atomic E-state index is 0.0839. The van der Waals surface area contributed by atoms with E-state index in [0.29, 0.717) is 22.9 Å². The molecule has 0 atom stereocenters. The Balaban J connectivity index is 1.85. The van der Waals surface area contributed by atoms with Crippen LogP contribution in [0.4, 0.5) is 5.69 Å². The van der Waals surface area contributed by atoms with Gasteiger partial charge in [-0.15, -0.1) is 0 Å². The number of fused-ring (bicyclic) bond motifs is 1. The molecule has 3 rings (SSSR count). The minimum atomic E-state index is -0.0839. The normalized spacial score (nSPS) is 10.8. The third-order valence-corrected chi connectivity index (χ3v) is 3.68. The van der Waals surface area contributed by atoms with Gasteiger partial charge in [-0.3, -0.25) is 9.20 Å². The average molecular weight is 300 g/mol. The molecule has 106 valence electrons. The Morgan fingerprint density at radius 1 is 1.24 bits per heavy atom. The molecule has 0 saturated heterocycles. The van der Waals surface area contributed by atoms with Crippen molar-refractivity contribution in [1.29, 1.82) is 0 Å². The number of aryl methyl sites for hydroxylation is 1. The molecule has 4 nitrogen and oxygen atoms in total. The van der Waals surface area contributed by atoms with E-state index in [2.05, 4.69) is 10.3 Å². The predicted molar refractivity (Wildman–Crippen MR) is 85.0 cm³/mol. The Kier molecular flexibility index (Phi) is 3.62. The lowest BCUT2D eigenvalue weighted by atomic mass is 10.2. The van der Waals surface area contributed by atoms with Crippen LogP contribution < -0.4 is 10.9 Å². The molecular formula is C16H14ClN3O. The first-order valence-corrected chi connectivity index (χ1v) is 6.98. The molecule has 0 saturated carbocycles. The molecular weight excluding hydrogens is 286 g/mol. The maximum Gasteiger partial charge on any atom is 0.258 e. The third-order valence-electron chi connectivity index (χ3n) is 3.27. The van der Waals surface area contributed by atoms with Crippen LogP contribution >= 0.6 is 11.6 Å². The summed E-state index contributed by atoms with van der Waals surface area (Å²) in [5, 5.41) is 3.94. The van der Waals surface area contributed by atoms with Crippen molar-refractivity contribution in [1.82, 2.24) is 9.38 Å². The molecule has 0 radical (unpaired) electrons. The van der Waals surface area contributed by atoms with E-state index in [9.17, 15) is 4.79 Å². The number of nitrogens with zero attached hydrogens (tertiary/aromatic N) is 2. The number of halogens is 1. The number of benzene rings is 1. The second-order valence-corrected chi connectivity index (χ2v) is 5.24. The maximum absolute atomic E-state index is 12.0. The van der Waals surface area contributed by atoms with Crippen molar-refractivity contribution < 1.29 is 0 Å². The lowest BCUT2D eigenvalue weighted by Gasteiger charge is -2.08. The van der Waals surface area contributed by atoms with E-state index in [4.69, 9.17) is 11.6 Å². The Hall–Kier alpha value is -2.33. The minimum Gasteiger partial charge on any atom is -0.379 e. The monoisotopic (exact) mass is 299 g/mol. The molecule has 0 unspecified atom stereocenters. The molecule has 1 N–H and O–H groups in total. The first-order chi connectivity index (χ1) is 10.1. The van der Waals surface area contributed by atoms with Crippen molar-refractivity contribution in [3.63, 3.8) is 0 Å². The van der Waals surface area contributed by atoms with Crippen LogP contribution in [-0.4, -0.2) is 9.38 Å². The fourth-order valence-electron chi connectivity index (χ4n) is 2.09. The summed E-state index contributed by atoms with van der Waals surface area (Å²) in [5.41, 5.74) is 3.19. The number of hydrogen-bond acceptors (Lipinski definition) is 3. The van der Waals surface area contributed by atoms with Crippen molar-refractivity contribution in [2.24, 2.45) is 0 Å². The number of rotatable bonds is 3. The molecule has 2 aromatic heterocycles. The summed E-state index contributed by atoms with van der Waals surface area (Å²) in [5.74, 6) is 0. The van der Waals surface area contributed by atoms with Crippen LogP contribution in [0.5, 0.6) is 0 Å². The highest BCUT2D eigenvalue weighted by Crippen LogP contribution is 2.20. The number of pyridine rings is 1. The van der Waals surface area contributed by atoms with Gasteiger partial charge in [-0.25, -0.2) is 4.98 Å². The molecule has 0 bridgehead atoms. The van der Waals surface area contributed by atoms with E-state index < -0.39 is 0 Å². The first kappa shape index (κ1) is 13.6. The largest absolute Gasteiger partial charge is 0.379 e. The third kappa shape index (κ3) is 2.90. The quantitative estimate of drug-likeness (QED) is 0.807. The van der Waals surface area contributed by atoms with Crippen molar-refractivity contribution in [3.8, 4) is 0 Å². The lowest BCUT2D eigenvalue weighted by Crippen LogP contribution is -2.16. The van der Waals surface area contributed by atoms with Crippen LogP contribution in [0.2, 0.25) is 5.02 Å². The second kappa shape index (κ2) is 5.58. The highest BCUT2D eigenvalue weighted by molar-refractivity contribution is 6.31. The zero-order chi connectivity index (χ0) is 14.8. The van der Waals surface area contributed by atoms with E-state index in [1.165, 1.54) is 10.5 Å². The van der Waals surface area contributed by atoms with E-state index in [-0.39, 0.29) is 5.56 Å². The van der Waals surface area contributed by atoms with Gasteiger partial charge in [0.2, 0.25) is 0 Å². The summed E-state index contributed by atoms with van der Waals surface area (Å²) >= 11 is 6.09. The molecule has 0 aliphatic carbocycles. The molecule has 3 aromatic rings. The van der Waals surface area contributed by atoms with Gasteiger partial charge in [-0.05, 0) is 36.8 Å². The highest BCUT2D eigenvalue weighted by Gasteiger charge is 2.02. The number of aromatic nitrogens is 2. The summed E-state index contributed by atoms with van der Waals surface area (Å²) in [7, 11) is 0. The SMILES string of the molecule is Cc1ccc(NCc2cc(=O)n3ccccc3n2)cc1Cl. The molecule has 0 amide bonds. The molecule has 1 aromatic carbocycles. The van der Waals surface area contributed by atoms with Gasteiger partial charge in [0.05, 0.1) is 12.2 Å². The summed E-state index contributed by atoms with van der Waals surface area (Å²) < 4.78 is 1.52. The number of hydrogen-bond donors (Lipinski definition) is 1. The maximum atomic E-state index is 12.0. The van der Waals surface area contributed by atoms with Gasteiger partial charge in [0.1, 0.15) is 5.65 Å². The number of nitrogens with one attached hydrogen (secondary N) is 1. The smallest absolute Gasteiger partial charge is 0.258 e. The molecule has 0 aliphatic rings. The van der Waals surface area contributed by atoms with Gasteiger partial charge < -0.3 is 5.32 Å². The summed E-state index contributed by atoms with van der Waals surface area (Å²) in [6, 6.07) is 12.8. The molecule has 5 heteroatoms. The van der Waals surface area contributed by atoms with Crippen molar-refractivity contribution in [2.45, 2.75) is 13.5 Å². The first-order valence-electron chi connectivity index (χ1n) is 6.61. The summed E-state index contributed by atoms with van der Waals surface area (Å²) in [6.45, 7) is 2.43. The second-order valence-electron chi connectivity index (χ2n) is 4.83. The molecule has 0 aliphatic heterocycles. The van der Waals surface area contributed by atoms with Crippen LogP contribution in [0.3, 0.4) is 0 Å². The molecule has 21 heavy (non-hydrogen) atoms. The topological polar surface area (TPSA) is 46.4 Å². The predicted octanol–water partition coefficient (Wildman–Crippen LogP) is 3.27. The Morgan fingerprint density at radius 3 is 2.90 bits per heavy atom. The zero-order valence-electron chi connectivity index (χ0n) is 11.5. The standard InChI is InChI=1S/C16H14ClN3O/c1-11-5-6-12(8-14(11)17)18-10-13-9-16(21)20-7-3-2-4-15(20)19-13/h2-9,18H,10H2,1H3. The van der Waals surface area contributed by atoms with E-state index >= 15 is 0 Å². The van der Waals surface area contributed by atoms with Gasteiger partial charge in [0, 0.05) is 23.0 Å². The van der Waals surface area contributed by atoms with Crippen LogP contribution in [0.25, 0.3) is 5.65 Å². The van der Waals surface area contributed by atoms with E-state index in [1.54, 1.807) is 6.20 Å². The van der Waals surface area contributed by atoms with Gasteiger partial charge in [0.15, 0.2) is 0 Å². The number of anilines is 1. The highest BCUT2D eigenvalue weighted by atomic mass is 35.5. The van der Waals surface area contributed by atoms with Crippen LogP contribution in [0, 0.1) is 6.92 Å². The van der Waals surface area contributed by atoms with Crippen LogP contribution in [0.1, 0.15) is 11.3 Å². The summed E-state index contributed by atoms with van der Waals surface area (Å²) in [6.07, 6.45) is 1.71. The van der Waals surface area contributed by atoms with Gasteiger partial charge >= 0.3 is 0 Å². The lowest BCUT2D eigenvalue weighted by molar-refractivity contribution is 0.971. The molecule has 2 heterocycles.